The number of rotatable bonds is 4. The summed E-state index contributed by atoms with van der Waals surface area (Å²) in [7, 11) is 1.52. The van der Waals surface area contributed by atoms with Crippen molar-refractivity contribution in [3.8, 4) is 17.0 Å². The van der Waals surface area contributed by atoms with E-state index in [0.29, 0.717) is 11.4 Å². The Hall–Kier alpha value is -2.09. The number of thiazole rings is 1. The molecule has 0 atom stereocenters. The molecule has 0 aliphatic rings. The van der Waals surface area contributed by atoms with Gasteiger partial charge < -0.3 is 10.1 Å². The second-order valence-electron chi connectivity index (χ2n) is 4.58. The first-order valence-electron chi connectivity index (χ1n) is 6.25. The highest BCUT2D eigenvalue weighted by atomic mass is 32.1. The van der Waals surface area contributed by atoms with Gasteiger partial charge in [0.25, 0.3) is 0 Å². The van der Waals surface area contributed by atoms with Crippen molar-refractivity contribution in [1.82, 2.24) is 4.98 Å². The molecule has 2 rings (SSSR count). The zero-order valence-electron chi connectivity index (χ0n) is 11.8. The summed E-state index contributed by atoms with van der Waals surface area (Å²) >= 11 is 1.06. The minimum absolute atomic E-state index is 0.118. The zero-order chi connectivity index (χ0) is 16.3. The van der Waals surface area contributed by atoms with E-state index in [9.17, 15) is 18.0 Å². The Morgan fingerprint density at radius 3 is 2.77 bits per heavy atom. The number of nitrogens with zero attached hydrogens (tertiary/aromatic N) is 1. The number of carbonyl (C=O) groups is 1. The molecule has 4 nitrogen and oxygen atoms in total. The lowest BCUT2D eigenvalue weighted by molar-refractivity contribution is -0.150. The third kappa shape index (κ3) is 4.20. The van der Waals surface area contributed by atoms with Crippen LogP contribution in [-0.4, -0.2) is 24.2 Å². The third-order valence-corrected chi connectivity index (χ3v) is 3.50. The number of anilines is 1. The second kappa shape index (κ2) is 6.35. The molecule has 0 saturated heterocycles. The second-order valence-corrected chi connectivity index (χ2v) is 5.44. The number of ether oxygens (including phenoxy) is 1. The van der Waals surface area contributed by atoms with Crippen molar-refractivity contribution in [3.63, 3.8) is 0 Å². The molecule has 1 N–H and O–H groups in total. The van der Waals surface area contributed by atoms with Crippen molar-refractivity contribution in [2.24, 2.45) is 0 Å². The van der Waals surface area contributed by atoms with Gasteiger partial charge in [-0.05, 0) is 19.1 Å². The molecule has 1 aromatic carbocycles. The predicted molar refractivity (Wildman–Crippen MR) is 78.1 cm³/mol. The number of nitrogens with one attached hydrogen (secondary N) is 1. The van der Waals surface area contributed by atoms with E-state index in [1.807, 2.05) is 19.1 Å². The lowest BCUT2D eigenvalue weighted by atomic mass is 10.1. The van der Waals surface area contributed by atoms with Gasteiger partial charge in [0.2, 0.25) is 5.91 Å². The van der Waals surface area contributed by atoms with E-state index >= 15 is 0 Å². The standard InChI is InChI=1S/C14H13F3N2O2S/c1-8-3-4-11(21-2)9(5-8)10-7-22-13(18-10)19-12(20)6-14(15,16)17/h3-5,7H,6H2,1-2H3,(H,18,19,20). The largest absolute Gasteiger partial charge is 0.496 e. The van der Waals surface area contributed by atoms with Crippen LogP contribution in [0.3, 0.4) is 0 Å². The molecular formula is C14H13F3N2O2S. The lowest BCUT2D eigenvalue weighted by Gasteiger charge is -2.07. The molecule has 1 heterocycles. The number of halogens is 3. The topological polar surface area (TPSA) is 51.2 Å². The molecule has 1 amide bonds. The van der Waals surface area contributed by atoms with E-state index in [0.717, 1.165) is 22.5 Å². The van der Waals surface area contributed by atoms with Gasteiger partial charge in [-0.1, -0.05) is 11.6 Å². The van der Waals surface area contributed by atoms with Crippen molar-refractivity contribution < 1.29 is 22.7 Å². The minimum atomic E-state index is -4.54. The molecule has 2 aromatic rings. The van der Waals surface area contributed by atoms with Crippen LogP contribution < -0.4 is 10.1 Å². The highest BCUT2D eigenvalue weighted by Gasteiger charge is 2.31. The number of aryl methyl sites for hydroxylation is 1. The first-order valence-corrected chi connectivity index (χ1v) is 7.13. The number of alkyl halides is 3. The van der Waals surface area contributed by atoms with E-state index in [4.69, 9.17) is 4.74 Å². The first-order chi connectivity index (χ1) is 10.3. The van der Waals surface area contributed by atoms with Gasteiger partial charge in [0.1, 0.15) is 12.2 Å². The monoisotopic (exact) mass is 330 g/mol. The molecule has 0 radical (unpaired) electrons. The molecule has 0 aliphatic carbocycles. The molecule has 0 spiro atoms. The van der Waals surface area contributed by atoms with E-state index in [1.54, 1.807) is 11.4 Å². The van der Waals surface area contributed by atoms with Crippen LogP contribution in [0.4, 0.5) is 18.3 Å². The average molecular weight is 330 g/mol. The summed E-state index contributed by atoms with van der Waals surface area (Å²) < 4.78 is 41.6. The fourth-order valence-electron chi connectivity index (χ4n) is 1.82. The molecule has 0 bridgehead atoms. The van der Waals surface area contributed by atoms with Gasteiger partial charge in [-0.2, -0.15) is 13.2 Å². The molecule has 0 fully saturated rings. The number of hydrogen-bond donors (Lipinski definition) is 1. The number of aromatic nitrogens is 1. The van der Waals surface area contributed by atoms with Gasteiger partial charge in [0.15, 0.2) is 5.13 Å². The Morgan fingerprint density at radius 1 is 1.41 bits per heavy atom. The van der Waals surface area contributed by atoms with Crippen molar-refractivity contribution in [1.29, 1.82) is 0 Å². The van der Waals surface area contributed by atoms with Gasteiger partial charge in [-0.3, -0.25) is 4.79 Å². The van der Waals surface area contributed by atoms with Crippen molar-refractivity contribution in [2.45, 2.75) is 19.5 Å². The lowest BCUT2D eigenvalue weighted by Crippen LogP contribution is -2.21. The maximum Gasteiger partial charge on any atom is 0.397 e. The van der Waals surface area contributed by atoms with E-state index in [-0.39, 0.29) is 5.13 Å². The average Bonchev–Trinajstić information content (AvgIpc) is 2.84. The highest BCUT2D eigenvalue weighted by Crippen LogP contribution is 2.33. The van der Waals surface area contributed by atoms with Crippen LogP contribution >= 0.6 is 11.3 Å². The molecule has 1 aromatic heterocycles. The molecule has 0 unspecified atom stereocenters. The van der Waals surface area contributed by atoms with Crippen molar-refractivity contribution >= 4 is 22.4 Å². The molecular weight excluding hydrogens is 317 g/mol. The minimum Gasteiger partial charge on any atom is -0.496 e. The number of benzene rings is 1. The Kier molecular flexibility index (Phi) is 4.70. The van der Waals surface area contributed by atoms with Gasteiger partial charge in [-0.25, -0.2) is 4.98 Å². The Bertz CT molecular complexity index is 683. The zero-order valence-corrected chi connectivity index (χ0v) is 12.6. The Balaban J connectivity index is 2.18. The molecule has 0 saturated carbocycles. The maximum absolute atomic E-state index is 12.1. The predicted octanol–water partition coefficient (Wildman–Crippen LogP) is 4.02. The van der Waals surface area contributed by atoms with E-state index in [1.165, 1.54) is 7.11 Å². The quantitative estimate of drug-likeness (QED) is 0.921. The van der Waals surface area contributed by atoms with E-state index in [2.05, 4.69) is 10.3 Å². The van der Waals surface area contributed by atoms with Crippen LogP contribution in [0.15, 0.2) is 23.6 Å². The van der Waals surface area contributed by atoms with Gasteiger partial charge in [-0.15, -0.1) is 11.3 Å². The summed E-state index contributed by atoms with van der Waals surface area (Å²) in [6.45, 7) is 1.90. The van der Waals surface area contributed by atoms with Crippen molar-refractivity contribution in [2.75, 3.05) is 12.4 Å². The van der Waals surface area contributed by atoms with Gasteiger partial charge in [0, 0.05) is 10.9 Å². The summed E-state index contributed by atoms with van der Waals surface area (Å²) in [5, 5.41) is 3.92. The summed E-state index contributed by atoms with van der Waals surface area (Å²) in [5.74, 6) is -0.534. The maximum atomic E-state index is 12.1. The number of methoxy groups -OCH3 is 1. The third-order valence-electron chi connectivity index (χ3n) is 2.74. The summed E-state index contributed by atoms with van der Waals surface area (Å²) in [5.41, 5.74) is 2.24. The normalized spacial score (nSPS) is 11.3. The number of carbonyl (C=O) groups excluding carboxylic acids is 1. The fourth-order valence-corrected chi connectivity index (χ4v) is 2.55. The van der Waals surface area contributed by atoms with Crippen LogP contribution in [0, 0.1) is 6.92 Å². The van der Waals surface area contributed by atoms with Crippen LogP contribution in [-0.2, 0) is 4.79 Å². The Morgan fingerprint density at radius 2 is 2.14 bits per heavy atom. The van der Waals surface area contributed by atoms with Crippen LogP contribution in [0.2, 0.25) is 0 Å². The SMILES string of the molecule is COc1ccc(C)cc1-c1csc(NC(=O)CC(F)(F)F)n1. The molecule has 8 heteroatoms. The first kappa shape index (κ1) is 16.3. The van der Waals surface area contributed by atoms with Crippen LogP contribution in [0.1, 0.15) is 12.0 Å². The Labute approximate surface area is 128 Å². The van der Waals surface area contributed by atoms with Crippen LogP contribution in [0.25, 0.3) is 11.3 Å². The van der Waals surface area contributed by atoms with Gasteiger partial charge in [0.05, 0.1) is 12.8 Å². The molecule has 22 heavy (non-hydrogen) atoms. The summed E-state index contributed by atoms with van der Waals surface area (Å²) in [6, 6.07) is 5.52. The van der Waals surface area contributed by atoms with Crippen LogP contribution in [0.5, 0.6) is 5.75 Å². The highest BCUT2D eigenvalue weighted by molar-refractivity contribution is 7.14. The van der Waals surface area contributed by atoms with E-state index < -0.39 is 18.5 Å². The summed E-state index contributed by atoms with van der Waals surface area (Å²) in [6.07, 6.45) is -6.07. The van der Waals surface area contributed by atoms with Gasteiger partial charge >= 0.3 is 6.18 Å². The fraction of sp³-hybridized carbons (Fsp3) is 0.286. The van der Waals surface area contributed by atoms with Crippen molar-refractivity contribution in [3.05, 3.63) is 29.1 Å². The molecule has 118 valence electrons. The smallest absolute Gasteiger partial charge is 0.397 e. The number of amides is 1. The summed E-state index contributed by atoms with van der Waals surface area (Å²) in [4.78, 5) is 15.4. The number of hydrogen-bond acceptors (Lipinski definition) is 4. The molecule has 0 aliphatic heterocycles.